The van der Waals surface area contributed by atoms with Crippen molar-refractivity contribution in [2.45, 2.75) is 0 Å². The number of para-hydroxylation sites is 1. The molecule has 4 heteroatoms. The van der Waals surface area contributed by atoms with E-state index < -0.39 is 0 Å². The van der Waals surface area contributed by atoms with Crippen LogP contribution in [0.5, 0.6) is 0 Å². The molecule has 0 amide bonds. The molecule has 0 aromatic heterocycles. The van der Waals surface area contributed by atoms with Crippen molar-refractivity contribution in [3.63, 3.8) is 0 Å². The summed E-state index contributed by atoms with van der Waals surface area (Å²) in [7, 11) is 1.46. The summed E-state index contributed by atoms with van der Waals surface area (Å²) in [6, 6.07) is 7.57. The van der Waals surface area contributed by atoms with Gasteiger partial charge in [0.2, 0.25) is 5.78 Å². The molecule has 0 saturated carbocycles. The molecule has 1 N–H and O–H groups in total. The molecule has 0 bridgehead atoms. The Kier molecular flexibility index (Phi) is 2.37. The molecular formula is C17H12NO3+. The maximum Gasteiger partial charge on any atom is 0.253 e. The van der Waals surface area contributed by atoms with Gasteiger partial charge in [-0.3, -0.25) is 9.59 Å². The Labute approximate surface area is 121 Å². The topological polar surface area (TPSA) is 47.8 Å². The van der Waals surface area contributed by atoms with Crippen LogP contribution in [0.2, 0.25) is 0 Å². The van der Waals surface area contributed by atoms with Crippen molar-refractivity contribution >= 4 is 17.3 Å². The van der Waals surface area contributed by atoms with Gasteiger partial charge in [-0.2, -0.15) is 0 Å². The van der Waals surface area contributed by atoms with Crippen molar-refractivity contribution in [1.82, 2.24) is 0 Å². The number of fused-ring (bicyclic) bond motifs is 4. The minimum absolute atomic E-state index is 0.00639. The molecule has 0 saturated heterocycles. The summed E-state index contributed by atoms with van der Waals surface area (Å²) in [5.41, 5.74) is 3.85. The summed E-state index contributed by atoms with van der Waals surface area (Å²) < 4.78 is 5.10. The van der Waals surface area contributed by atoms with Crippen LogP contribution in [0.1, 0.15) is 10.4 Å². The molecule has 2 heterocycles. The van der Waals surface area contributed by atoms with Crippen LogP contribution in [0.25, 0.3) is 0 Å². The van der Waals surface area contributed by atoms with Gasteiger partial charge in [0.15, 0.2) is 17.1 Å². The highest BCUT2D eigenvalue weighted by atomic mass is 16.5. The molecule has 2 aliphatic heterocycles. The van der Waals surface area contributed by atoms with Crippen LogP contribution in [0.15, 0.2) is 71.3 Å². The van der Waals surface area contributed by atoms with Crippen molar-refractivity contribution < 1.29 is 19.2 Å². The quantitative estimate of drug-likeness (QED) is 0.840. The van der Waals surface area contributed by atoms with Crippen LogP contribution in [0.3, 0.4) is 0 Å². The lowest BCUT2D eigenvalue weighted by atomic mass is 9.92. The normalized spacial score (nSPS) is 22.4. The van der Waals surface area contributed by atoms with Gasteiger partial charge in [-0.15, -0.1) is 0 Å². The minimum Gasteiger partial charge on any atom is -0.493 e. The number of carbonyl (C=O) groups excluding carboxylic acids is 2. The number of quaternary nitrogens is 1. The smallest absolute Gasteiger partial charge is 0.253 e. The number of methoxy groups -OCH3 is 1. The number of ether oxygens (including phenoxy) is 1. The van der Waals surface area contributed by atoms with Crippen LogP contribution >= 0.6 is 0 Å². The molecule has 1 unspecified atom stereocenters. The predicted molar refractivity (Wildman–Crippen MR) is 75.7 cm³/mol. The van der Waals surface area contributed by atoms with Crippen LogP contribution in [-0.4, -0.2) is 18.7 Å². The molecule has 1 aromatic rings. The van der Waals surface area contributed by atoms with E-state index in [4.69, 9.17) is 4.74 Å². The average molecular weight is 278 g/mol. The van der Waals surface area contributed by atoms with Crippen LogP contribution in [0, 0.1) is 0 Å². The second-order valence-electron chi connectivity index (χ2n) is 5.09. The third kappa shape index (κ3) is 1.53. The Bertz CT molecular complexity index is 824. The molecule has 21 heavy (non-hydrogen) atoms. The second-order valence-corrected chi connectivity index (χ2v) is 5.09. The van der Waals surface area contributed by atoms with Gasteiger partial charge in [-0.25, -0.2) is 4.90 Å². The maximum absolute atomic E-state index is 12.7. The van der Waals surface area contributed by atoms with E-state index in [-0.39, 0.29) is 17.3 Å². The zero-order valence-corrected chi connectivity index (χ0v) is 11.3. The molecular weight excluding hydrogens is 266 g/mol. The highest BCUT2D eigenvalue weighted by molar-refractivity contribution is 6.15. The van der Waals surface area contributed by atoms with E-state index in [9.17, 15) is 9.59 Å². The Morgan fingerprint density at radius 2 is 1.90 bits per heavy atom. The Morgan fingerprint density at radius 1 is 1.10 bits per heavy atom. The molecule has 1 aromatic carbocycles. The molecule has 4 rings (SSSR count). The molecule has 1 aliphatic carbocycles. The van der Waals surface area contributed by atoms with E-state index in [1.165, 1.54) is 13.2 Å². The van der Waals surface area contributed by atoms with Gasteiger partial charge < -0.3 is 4.74 Å². The molecule has 0 spiro atoms. The number of rotatable bonds is 1. The molecule has 102 valence electrons. The predicted octanol–water partition coefficient (Wildman–Crippen LogP) is 1.22. The lowest BCUT2D eigenvalue weighted by Crippen LogP contribution is -3.00. The molecule has 0 radical (unpaired) electrons. The third-order valence-electron chi connectivity index (χ3n) is 3.99. The zero-order chi connectivity index (χ0) is 14.6. The van der Waals surface area contributed by atoms with Gasteiger partial charge in [0, 0.05) is 12.1 Å². The van der Waals surface area contributed by atoms with Crippen molar-refractivity contribution in [3.05, 3.63) is 76.9 Å². The average Bonchev–Trinajstić information content (AvgIpc) is 2.80. The summed E-state index contributed by atoms with van der Waals surface area (Å²) in [5.74, 6) is 0.0967. The number of Topliss-reactive ketones (excluding diaryl/α,β-unsaturated/α-hetero) is 1. The van der Waals surface area contributed by atoms with Crippen LogP contribution in [-0.2, 0) is 9.53 Å². The lowest BCUT2D eigenvalue weighted by molar-refractivity contribution is -0.721. The lowest BCUT2D eigenvalue weighted by Gasteiger charge is -2.20. The van der Waals surface area contributed by atoms with E-state index in [0.717, 1.165) is 21.7 Å². The highest BCUT2D eigenvalue weighted by Gasteiger charge is 2.42. The van der Waals surface area contributed by atoms with Crippen LogP contribution in [0.4, 0.5) is 5.69 Å². The number of hydrogen-bond acceptors (Lipinski definition) is 3. The van der Waals surface area contributed by atoms with Crippen molar-refractivity contribution in [3.8, 4) is 0 Å². The van der Waals surface area contributed by atoms with Crippen molar-refractivity contribution in [2.75, 3.05) is 7.11 Å². The first-order valence-corrected chi connectivity index (χ1v) is 6.66. The SMILES string of the molecule is COC1=CC2=C3C(=O)c4ccccc4[NH+]3C=CC2=CC1=O. The first-order valence-electron chi connectivity index (χ1n) is 6.66. The molecule has 1 atom stereocenters. The summed E-state index contributed by atoms with van der Waals surface area (Å²) in [6.07, 6.45) is 6.97. The summed E-state index contributed by atoms with van der Waals surface area (Å²) in [6.45, 7) is 0. The number of nitrogens with one attached hydrogen (secondary N) is 1. The van der Waals surface area contributed by atoms with Gasteiger partial charge in [0.1, 0.15) is 6.20 Å². The Balaban J connectivity index is 1.97. The minimum atomic E-state index is -0.173. The number of carbonyl (C=O) groups is 2. The molecule has 0 fully saturated rings. The van der Waals surface area contributed by atoms with E-state index >= 15 is 0 Å². The van der Waals surface area contributed by atoms with Crippen molar-refractivity contribution in [2.24, 2.45) is 0 Å². The number of ketones is 2. The second kappa shape index (κ2) is 4.14. The number of hydrogen-bond donors (Lipinski definition) is 1. The van der Waals surface area contributed by atoms with Gasteiger partial charge in [0.05, 0.1) is 18.2 Å². The maximum atomic E-state index is 12.7. The van der Waals surface area contributed by atoms with Gasteiger partial charge in [-0.1, -0.05) is 12.1 Å². The zero-order valence-electron chi connectivity index (χ0n) is 11.3. The fourth-order valence-electron chi connectivity index (χ4n) is 3.01. The number of allylic oxidation sites excluding steroid dienone is 6. The first-order chi connectivity index (χ1) is 10.2. The third-order valence-corrected chi connectivity index (χ3v) is 3.99. The van der Waals surface area contributed by atoms with E-state index in [2.05, 4.69) is 0 Å². The largest absolute Gasteiger partial charge is 0.493 e. The monoisotopic (exact) mass is 278 g/mol. The Hall–Kier alpha value is -2.72. The fraction of sp³-hybridized carbons (Fsp3) is 0.0588. The first kappa shape index (κ1) is 12.1. The summed E-state index contributed by atoms with van der Waals surface area (Å²) >= 11 is 0. The van der Waals surface area contributed by atoms with Gasteiger partial charge in [0.25, 0.3) is 5.78 Å². The summed E-state index contributed by atoms with van der Waals surface area (Å²) in [4.78, 5) is 25.4. The number of benzene rings is 1. The fourth-order valence-corrected chi connectivity index (χ4v) is 3.01. The van der Waals surface area contributed by atoms with Crippen molar-refractivity contribution in [1.29, 1.82) is 0 Å². The van der Waals surface area contributed by atoms with Crippen LogP contribution < -0.4 is 4.90 Å². The van der Waals surface area contributed by atoms with E-state index in [0.29, 0.717) is 11.3 Å². The van der Waals surface area contributed by atoms with E-state index in [1.54, 1.807) is 6.08 Å². The van der Waals surface area contributed by atoms with Gasteiger partial charge in [-0.05, 0) is 23.8 Å². The highest BCUT2D eigenvalue weighted by Crippen LogP contribution is 2.31. The Morgan fingerprint density at radius 3 is 2.71 bits per heavy atom. The summed E-state index contributed by atoms with van der Waals surface area (Å²) in [5, 5.41) is 0. The van der Waals surface area contributed by atoms with Gasteiger partial charge >= 0.3 is 0 Å². The van der Waals surface area contributed by atoms with E-state index in [1.807, 2.05) is 36.5 Å². The standard InChI is InChI=1S/C17H11NO3/c1-21-15-9-12-10(8-14(15)19)6-7-18-13-5-3-2-4-11(13)17(20)16(12)18/h2-9H,1H3/p+1. The molecule has 3 aliphatic rings. The molecule has 4 nitrogen and oxygen atoms in total.